The van der Waals surface area contributed by atoms with E-state index in [1.807, 2.05) is 18.2 Å². The van der Waals surface area contributed by atoms with Gasteiger partial charge in [0.15, 0.2) is 0 Å². The van der Waals surface area contributed by atoms with E-state index in [0.717, 1.165) is 5.39 Å². The summed E-state index contributed by atoms with van der Waals surface area (Å²) >= 11 is 0. The van der Waals surface area contributed by atoms with Crippen LogP contribution < -0.4 is 10.9 Å². The Morgan fingerprint density at radius 2 is 1.95 bits per heavy atom. The van der Waals surface area contributed by atoms with Gasteiger partial charge in [-0.05, 0) is 18.2 Å². The summed E-state index contributed by atoms with van der Waals surface area (Å²) in [7, 11) is 0. The van der Waals surface area contributed by atoms with Gasteiger partial charge in [-0.2, -0.15) is 5.10 Å². The number of carbonyl (C=O) groups excluding carboxylic acids is 1. The van der Waals surface area contributed by atoms with Gasteiger partial charge in [0, 0.05) is 18.1 Å². The largest absolute Gasteiger partial charge is 0.349 e. The van der Waals surface area contributed by atoms with Crippen molar-refractivity contribution in [2.24, 2.45) is 0 Å². The van der Waals surface area contributed by atoms with Crippen molar-refractivity contribution in [2.75, 3.05) is 6.54 Å². The Hall–Kier alpha value is -3.02. The van der Waals surface area contributed by atoms with Crippen molar-refractivity contribution < 1.29 is 4.79 Å². The quantitative estimate of drug-likeness (QED) is 0.785. The van der Waals surface area contributed by atoms with Crippen LogP contribution in [-0.4, -0.2) is 27.2 Å². The van der Waals surface area contributed by atoms with Crippen LogP contribution in [0.15, 0.2) is 59.7 Å². The van der Waals surface area contributed by atoms with E-state index in [1.165, 1.54) is 4.68 Å². The fourth-order valence-corrected chi connectivity index (χ4v) is 2.15. The van der Waals surface area contributed by atoms with Gasteiger partial charge in [0.05, 0.1) is 18.1 Å². The average molecular weight is 294 g/mol. The molecule has 3 aromatic rings. The lowest BCUT2D eigenvalue weighted by Crippen LogP contribution is -2.32. The normalized spacial score (nSPS) is 10.5. The number of rotatable bonds is 4. The SMILES string of the molecule is O=C(NCCn1ncc2ccccc2c1=O)c1ccccn1. The summed E-state index contributed by atoms with van der Waals surface area (Å²) in [6.45, 7) is 0.614. The zero-order chi connectivity index (χ0) is 15.4. The summed E-state index contributed by atoms with van der Waals surface area (Å²) < 4.78 is 1.35. The summed E-state index contributed by atoms with van der Waals surface area (Å²) in [5.41, 5.74) is 0.187. The highest BCUT2D eigenvalue weighted by molar-refractivity contribution is 5.92. The van der Waals surface area contributed by atoms with E-state index >= 15 is 0 Å². The summed E-state index contributed by atoms with van der Waals surface area (Å²) in [6, 6.07) is 12.4. The molecule has 0 saturated carbocycles. The molecule has 2 aromatic heterocycles. The molecule has 1 N–H and O–H groups in total. The number of amides is 1. The molecule has 0 radical (unpaired) electrons. The topological polar surface area (TPSA) is 76.9 Å². The predicted molar refractivity (Wildman–Crippen MR) is 82.6 cm³/mol. The molecule has 0 aliphatic rings. The van der Waals surface area contributed by atoms with E-state index in [0.29, 0.717) is 24.2 Å². The third kappa shape index (κ3) is 2.85. The van der Waals surface area contributed by atoms with Gasteiger partial charge in [0.1, 0.15) is 5.69 Å². The molecule has 1 aromatic carbocycles. The molecule has 6 heteroatoms. The zero-order valence-electron chi connectivity index (χ0n) is 11.8. The molecule has 110 valence electrons. The van der Waals surface area contributed by atoms with Gasteiger partial charge in [-0.3, -0.25) is 14.6 Å². The van der Waals surface area contributed by atoms with E-state index in [4.69, 9.17) is 0 Å². The van der Waals surface area contributed by atoms with Crippen LogP contribution in [0.2, 0.25) is 0 Å². The van der Waals surface area contributed by atoms with Crippen LogP contribution >= 0.6 is 0 Å². The molecule has 0 bridgehead atoms. The van der Waals surface area contributed by atoms with Crippen molar-refractivity contribution >= 4 is 16.7 Å². The maximum atomic E-state index is 12.2. The lowest BCUT2D eigenvalue weighted by molar-refractivity contribution is 0.0947. The second-order valence-corrected chi connectivity index (χ2v) is 4.73. The molecule has 0 aliphatic heterocycles. The Morgan fingerprint density at radius 3 is 2.77 bits per heavy atom. The van der Waals surface area contributed by atoms with Gasteiger partial charge < -0.3 is 5.32 Å². The molecule has 0 atom stereocenters. The molecule has 1 amide bonds. The third-order valence-electron chi connectivity index (χ3n) is 3.27. The first kappa shape index (κ1) is 13.9. The number of hydrogen-bond acceptors (Lipinski definition) is 4. The van der Waals surface area contributed by atoms with Crippen molar-refractivity contribution in [1.29, 1.82) is 0 Å². The standard InChI is InChI=1S/C16H14N4O2/c21-15(14-7-3-4-8-17-14)18-9-10-20-16(22)13-6-2-1-5-12(13)11-19-20/h1-8,11H,9-10H2,(H,18,21). The molecule has 3 rings (SSSR count). The van der Waals surface area contributed by atoms with Gasteiger partial charge in [-0.25, -0.2) is 4.68 Å². The van der Waals surface area contributed by atoms with E-state index in [-0.39, 0.29) is 11.5 Å². The van der Waals surface area contributed by atoms with Crippen molar-refractivity contribution in [3.63, 3.8) is 0 Å². The van der Waals surface area contributed by atoms with Gasteiger partial charge >= 0.3 is 0 Å². The molecule has 22 heavy (non-hydrogen) atoms. The van der Waals surface area contributed by atoms with Crippen LogP contribution in [0.25, 0.3) is 10.8 Å². The number of nitrogens with one attached hydrogen (secondary N) is 1. The zero-order valence-corrected chi connectivity index (χ0v) is 11.8. The maximum Gasteiger partial charge on any atom is 0.274 e. The number of carbonyl (C=O) groups is 1. The minimum atomic E-state index is -0.269. The lowest BCUT2D eigenvalue weighted by atomic mass is 10.2. The van der Waals surface area contributed by atoms with Crippen LogP contribution in [0.4, 0.5) is 0 Å². The van der Waals surface area contributed by atoms with E-state index < -0.39 is 0 Å². The highest BCUT2D eigenvalue weighted by Gasteiger charge is 2.07. The second-order valence-electron chi connectivity index (χ2n) is 4.73. The number of hydrogen-bond donors (Lipinski definition) is 1. The first-order valence-electron chi connectivity index (χ1n) is 6.90. The molecule has 0 fully saturated rings. The van der Waals surface area contributed by atoms with Crippen molar-refractivity contribution in [1.82, 2.24) is 20.1 Å². The fourth-order valence-electron chi connectivity index (χ4n) is 2.15. The van der Waals surface area contributed by atoms with Crippen LogP contribution in [-0.2, 0) is 6.54 Å². The van der Waals surface area contributed by atoms with Crippen LogP contribution in [0, 0.1) is 0 Å². The predicted octanol–water partition coefficient (Wildman–Crippen LogP) is 1.22. The van der Waals surface area contributed by atoms with E-state index in [1.54, 1.807) is 36.7 Å². The van der Waals surface area contributed by atoms with Crippen molar-refractivity contribution in [2.45, 2.75) is 6.54 Å². The number of nitrogens with zero attached hydrogens (tertiary/aromatic N) is 3. The van der Waals surface area contributed by atoms with Crippen LogP contribution in [0.5, 0.6) is 0 Å². The number of benzene rings is 1. The van der Waals surface area contributed by atoms with Gasteiger partial charge in [0.2, 0.25) is 0 Å². The molecule has 0 aliphatic carbocycles. The average Bonchev–Trinajstić information content (AvgIpc) is 2.58. The smallest absolute Gasteiger partial charge is 0.274 e. The molecule has 0 spiro atoms. The van der Waals surface area contributed by atoms with Crippen molar-refractivity contribution in [3.05, 3.63) is 70.9 Å². The second kappa shape index (κ2) is 6.17. The summed E-state index contributed by atoms with van der Waals surface area (Å²) in [5, 5.41) is 8.26. The minimum Gasteiger partial charge on any atom is -0.349 e. The molecule has 0 saturated heterocycles. The molecular formula is C16H14N4O2. The highest BCUT2D eigenvalue weighted by Crippen LogP contribution is 2.06. The number of pyridine rings is 1. The molecule has 0 unspecified atom stereocenters. The maximum absolute atomic E-state index is 12.2. The molecule has 6 nitrogen and oxygen atoms in total. The Kier molecular flexibility index (Phi) is 3.91. The Morgan fingerprint density at radius 1 is 1.14 bits per heavy atom. The third-order valence-corrected chi connectivity index (χ3v) is 3.27. The number of fused-ring (bicyclic) bond motifs is 1. The van der Waals surface area contributed by atoms with E-state index in [2.05, 4.69) is 15.4 Å². The summed E-state index contributed by atoms with van der Waals surface area (Å²) in [4.78, 5) is 28.1. The number of aromatic nitrogens is 3. The first-order chi connectivity index (χ1) is 10.8. The Bertz CT molecular complexity index is 859. The lowest BCUT2D eigenvalue weighted by Gasteiger charge is -2.07. The summed E-state index contributed by atoms with van der Waals surface area (Å²) in [6.07, 6.45) is 3.21. The van der Waals surface area contributed by atoms with E-state index in [9.17, 15) is 9.59 Å². The van der Waals surface area contributed by atoms with Crippen molar-refractivity contribution in [3.8, 4) is 0 Å². The summed E-state index contributed by atoms with van der Waals surface area (Å²) in [5.74, 6) is -0.269. The van der Waals surface area contributed by atoms with Gasteiger partial charge in [0.25, 0.3) is 11.5 Å². The molecular weight excluding hydrogens is 280 g/mol. The Labute approximate surface area is 126 Å². The molecule has 2 heterocycles. The Balaban J connectivity index is 1.68. The fraction of sp³-hybridized carbons (Fsp3) is 0.125. The van der Waals surface area contributed by atoms with Crippen LogP contribution in [0.3, 0.4) is 0 Å². The minimum absolute atomic E-state index is 0.162. The van der Waals surface area contributed by atoms with Gasteiger partial charge in [-0.1, -0.05) is 24.3 Å². The van der Waals surface area contributed by atoms with Gasteiger partial charge in [-0.15, -0.1) is 0 Å². The van der Waals surface area contributed by atoms with Crippen LogP contribution in [0.1, 0.15) is 10.5 Å². The highest BCUT2D eigenvalue weighted by atomic mass is 16.2. The first-order valence-corrected chi connectivity index (χ1v) is 6.90. The monoisotopic (exact) mass is 294 g/mol.